The minimum atomic E-state index is 0.460. The van der Waals surface area contributed by atoms with Crippen molar-refractivity contribution >= 4 is 24.1 Å². The van der Waals surface area contributed by atoms with Gasteiger partial charge in [0.1, 0.15) is 0 Å². The maximum atomic E-state index is 5.35. The second kappa shape index (κ2) is 9.33. The summed E-state index contributed by atoms with van der Waals surface area (Å²) in [5.74, 6) is 0.688. The van der Waals surface area contributed by atoms with Crippen LogP contribution in [0.3, 0.4) is 0 Å². The summed E-state index contributed by atoms with van der Waals surface area (Å²) in [7, 11) is 0. The molecule has 0 atom stereocenters. The molecule has 0 saturated carbocycles. The molecule has 0 aliphatic carbocycles. The lowest BCUT2D eigenvalue weighted by Gasteiger charge is -2.23. The Morgan fingerprint density at radius 3 is 2.30 bits per heavy atom. The molecule has 0 unspecified atom stereocenters. The summed E-state index contributed by atoms with van der Waals surface area (Å²) in [5.41, 5.74) is 4.43. The minimum Gasteiger partial charge on any atom is -0.367 e. The van der Waals surface area contributed by atoms with Crippen molar-refractivity contribution in [2.75, 3.05) is 11.4 Å². The molecule has 30 heavy (non-hydrogen) atoms. The lowest BCUT2D eigenvalue weighted by molar-refractivity contribution is 0.832. The summed E-state index contributed by atoms with van der Waals surface area (Å²) < 4.78 is 2.11. The van der Waals surface area contributed by atoms with E-state index in [9.17, 15) is 0 Å². The van der Waals surface area contributed by atoms with Crippen LogP contribution in [-0.4, -0.2) is 27.6 Å². The van der Waals surface area contributed by atoms with Gasteiger partial charge in [0.15, 0.2) is 5.82 Å². The van der Waals surface area contributed by atoms with Crippen molar-refractivity contribution in [3.8, 4) is 11.4 Å². The molecule has 4 aromatic rings. The van der Waals surface area contributed by atoms with Gasteiger partial charge in [0, 0.05) is 24.3 Å². The van der Waals surface area contributed by atoms with Crippen LogP contribution in [0.1, 0.15) is 18.1 Å². The van der Waals surface area contributed by atoms with Gasteiger partial charge in [0.25, 0.3) is 0 Å². The quantitative estimate of drug-likeness (QED) is 0.321. The predicted molar refractivity (Wildman–Crippen MR) is 125 cm³/mol. The number of H-pyrrole nitrogens is 1. The summed E-state index contributed by atoms with van der Waals surface area (Å²) >= 11 is 5.35. The molecule has 0 spiro atoms. The van der Waals surface area contributed by atoms with Gasteiger partial charge in [-0.15, -0.1) is 0 Å². The van der Waals surface area contributed by atoms with Crippen LogP contribution in [0.2, 0.25) is 0 Å². The van der Waals surface area contributed by atoms with E-state index in [-0.39, 0.29) is 0 Å². The van der Waals surface area contributed by atoms with E-state index in [1.54, 1.807) is 10.9 Å². The smallest absolute Gasteiger partial charge is 0.216 e. The maximum absolute atomic E-state index is 5.35. The van der Waals surface area contributed by atoms with E-state index in [1.807, 2.05) is 36.4 Å². The van der Waals surface area contributed by atoms with Crippen LogP contribution < -0.4 is 4.90 Å². The summed E-state index contributed by atoms with van der Waals surface area (Å²) in [4.78, 5) is 2.34. The average Bonchev–Trinajstić information content (AvgIpc) is 3.18. The number of nitrogens with zero attached hydrogens (tertiary/aromatic N) is 4. The molecule has 0 aliphatic heterocycles. The largest absolute Gasteiger partial charge is 0.367 e. The van der Waals surface area contributed by atoms with Crippen LogP contribution in [0, 0.1) is 4.77 Å². The van der Waals surface area contributed by atoms with Crippen LogP contribution >= 0.6 is 12.2 Å². The molecule has 0 radical (unpaired) electrons. The first-order valence-corrected chi connectivity index (χ1v) is 10.3. The predicted octanol–water partition coefficient (Wildman–Crippen LogP) is 5.52. The van der Waals surface area contributed by atoms with Gasteiger partial charge >= 0.3 is 0 Å². The zero-order chi connectivity index (χ0) is 20.8. The molecular weight excluding hydrogens is 390 g/mol. The summed E-state index contributed by atoms with van der Waals surface area (Å²) in [6.45, 7) is 3.99. The number of hydrogen-bond acceptors (Lipinski definition) is 4. The maximum Gasteiger partial charge on any atom is 0.216 e. The van der Waals surface area contributed by atoms with Crippen molar-refractivity contribution in [3.05, 3.63) is 101 Å². The molecule has 1 heterocycles. The zero-order valence-electron chi connectivity index (χ0n) is 16.8. The number of anilines is 1. The zero-order valence-corrected chi connectivity index (χ0v) is 17.6. The van der Waals surface area contributed by atoms with E-state index in [0.717, 1.165) is 24.2 Å². The van der Waals surface area contributed by atoms with Crippen LogP contribution in [-0.2, 0) is 6.54 Å². The second-order valence-electron chi connectivity index (χ2n) is 6.87. The van der Waals surface area contributed by atoms with Crippen molar-refractivity contribution in [3.63, 3.8) is 0 Å². The van der Waals surface area contributed by atoms with Gasteiger partial charge in [-0.3, -0.25) is 0 Å². The van der Waals surface area contributed by atoms with Crippen LogP contribution in [0.5, 0.6) is 0 Å². The first-order chi connectivity index (χ1) is 14.7. The van der Waals surface area contributed by atoms with Gasteiger partial charge in [0.05, 0.1) is 6.21 Å². The molecule has 6 heteroatoms. The first-order valence-electron chi connectivity index (χ1n) is 9.90. The third kappa shape index (κ3) is 4.55. The van der Waals surface area contributed by atoms with Gasteiger partial charge in [-0.1, -0.05) is 72.8 Å². The second-order valence-corrected chi connectivity index (χ2v) is 7.25. The Morgan fingerprint density at radius 1 is 0.967 bits per heavy atom. The molecule has 4 rings (SSSR count). The molecule has 0 bridgehead atoms. The van der Waals surface area contributed by atoms with Crippen molar-refractivity contribution < 1.29 is 0 Å². The number of rotatable bonds is 7. The first kappa shape index (κ1) is 19.8. The molecular formula is C24H23N5S. The summed E-state index contributed by atoms with van der Waals surface area (Å²) in [5, 5.41) is 11.7. The summed E-state index contributed by atoms with van der Waals surface area (Å²) in [6, 6.07) is 28.8. The highest BCUT2D eigenvalue weighted by atomic mass is 32.1. The van der Waals surface area contributed by atoms with Crippen molar-refractivity contribution in [2.24, 2.45) is 5.10 Å². The lowest BCUT2D eigenvalue weighted by atomic mass is 10.1. The SMILES string of the molecule is CCN(Cc1ccccc1)c1ccc(/C=N/n2c(-c3ccccc3)n[nH]c2=S)cc1. The van der Waals surface area contributed by atoms with Crippen LogP contribution in [0.4, 0.5) is 5.69 Å². The van der Waals surface area contributed by atoms with Gasteiger partial charge in [-0.05, 0) is 42.4 Å². The standard InChI is InChI=1S/C24H23N5S/c1-2-28(18-20-9-5-3-6-10-20)22-15-13-19(14-16-22)17-25-29-23(26-27-24(29)30)21-11-7-4-8-12-21/h3-17H,2,18H2,1H3,(H,27,30)/b25-17+. The monoisotopic (exact) mass is 413 g/mol. The molecule has 1 aromatic heterocycles. The van der Waals surface area contributed by atoms with Gasteiger partial charge in [0.2, 0.25) is 4.77 Å². The number of aromatic amines is 1. The Bertz CT molecular complexity index is 1160. The lowest BCUT2D eigenvalue weighted by Crippen LogP contribution is -2.21. The van der Waals surface area contributed by atoms with Crippen molar-refractivity contribution in [1.29, 1.82) is 0 Å². The van der Waals surface area contributed by atoms with Gasteiger partial charge in [-0.2, -0.15) is 14.9 Å². The van der Waals surface area contributed by atoms with E-state index in [0.29, 0.717) is 10.6 Å². The topological polar surface area (TPSA) is 49.2 Å². The third-order valence-electron chi connectivity index (χ3n) is 4.86. The number of benzene rings is 3. The molecule has 0 aliphatic rings. The number of nitrogens with one attached hydrogen (secondary N) is 1. The molecule has 0 saturated heterocycles. The van der Waals surface area contributed by atoms with Crippen molar-refractivity contribution in [1.82, 2.24) is 14.9 Å². The van der Waals surface area contributed by atoms with E-state index in [4.69, 9.17) is 12.2 Å². The minimum absolute atomic E-state index is 0.460. The molecule has 0 amide bonds. The van der Waals surface area contributed by atoms with E-state index >= 15 is 0 Å². The highest BCUT2D eigenvalue weighted by Gasteiger charge is 2.08. The van der Waals surface area contributed by atoms with Crippen molar-refractivity contribution in [2.45, 2.75) is 13.5 Å². The Hall–Kier alpha value is -3.51. The van der Waals surface area contributed by atoms with E-state index in [1.165, 1.54) is 11.3 Å². The average molecular weight is 414 g/mol. The fourth-order valence-corrected chi connectivity index (χ4v) is 3.44. The highest BCUT2D eigenvalue weighted by Crippen LogP contribution is 2.19. The third-order valence-corrected chi connectivity index (χ3v) is 5.13. The van der Waals surface area contributed by atoms with Crippen LogP contribution in [0.25, 0.3) is 11.4 Å². The Morgan fingerprint density at radius 2 is 1.63 bits per heavy atom. The summed E-state index contributed by atoms with van der Waals surface area (Å²) in [6.07, 6.45) is 1.80. The Labute approximate surface area is 181 Å². The highest BCUT2D eigenvalue weighted by molar-refractivity contribution is 7.71. The Kier molecular flexibility index (Phi) is 6.15. The Balaban J connectivity index is 1.52. The molecule has 5 nitrogen and oxygen atoms in total. The van der Waals surface area contributed by atoms with Gasteiger partial charge in [-0.25, -0.2) is 5.10 Å². The van der Waals surface area contributed by atoms with Crippen LogP contribution in [0.15, 0.2) is 90.0 Å². The fraction of sp³-hybridized carbons (Fsp3) is 0.125. The molecule has 3 aromatic carbocycles. The molecule has 150 valence electrons. The normalized spacial score (nSPS) is 11.1. The van der Waals surface area contributed by atoms with E-state index < -0.39 is 0 Å². The molecule has 0 fully saturated rings. The van der Waals surface area contributed by atoms with E-state index in [2.05, 4.69) is 75.7 Å². The number of hydrogen-bond donors (Lipinski definition) is 1. The molecule has 1 N–H and O–H groups in total. The van der Waals surface area contributed by atoms with Gasteiger partial charge < -0.3 is 4.90 Å². The number of aromatic nitrogens is 3. The fourth-order valence-electron chi connectivity index (χ4n) is 3.26.